The number of hydrogen-bond donors (Lipinski definition) is 0. The maximum Gasteiger partial charge on any atom is 0.314 e. The molecule has 2 aromatic rings. The predicted molar refractivity (Wildman–Crippen MR) is 77.0 cm³/mol. The molecule has 22 heavy (non-hydrogen) atoms. The summed E-state index contributed by atoms with van der Waals surface area (Å²) in [4.78, 5) is 10.4. The molecule has 2 rings (SSSR count). The van der Waals surface area contributed by atoms with Crippen molar-refractivity contribution in [1.29, 1.82) is 0 Å². The third-order valence-electron chi connectivity index (χ3n) is 2.79. The zero-order chi connectivity index (χ0) is 15.9. The molecule has 0 heterocycles. The van der Waals surface area contributed by atoms with Gasteiger partial charge in [-0.3, -0.25) is 10.1 Å². The summed E-state index contributed by atoms with van der Waals surface area (Å²) in [5.41, 5.74) is -0.180. The van der Waals surface area contributed by atoms with Gasteiger partial charge in [0.15, 0.2) is 5.75 Å². The SMILES string of the molecule is COc1ccc(OCCOc2ccc(F)cc2)c([N+](=O)[O-])c1. The van der Waals surface area contributed by atoms with E-state index in [0.717, 1.165) is 0 Å². The van der Waals surface area contributed by atoms with Crippen LogP contribution in [0.5, 0.6) is 17.2 Å². The number of ether oxygens (including phenoxy) is 3. The molecule has 0 aliphatic carbocycles. The highest BCUT2D eigenvalue weighted by Gasteiger charge is 2.16. The van der Waals surface area contributed by atoms with Gasteiger partial charge >= 0.3 is 5.69 Å². The van der Waals surface area contributed by atoms with E-state index < -0.39 is 4.92 Å². The number of nitrogens with zero attached hydrogens (tertiary/aromatic N) is 1. The normalized spacial score (nSPS) is 10.1. The molecule has 0 atom stereocenters. The number of methoxy groups -OCH3 is 1. The lowest BCUT2D eigenvalue weighted by molar-refractivity contribution is -0.385. The molecule has 0 saturated heterocycles. The number of nitro groups is 1. The van der Waals surface area contributed by atoms with Gasteiger partial charge in [0.2, 0.25) is 0 Å². The minimum atomic E-state index is -0.543. The highest BCUT2D eigenvalue weighted by Crippen LogP contribution is 2.30. The Bertz CT molecular complexity index is 645. The Morgan fingerprint density at radius 1 is 1.05 bits per heavy atom. The summed E-state index contributed by atoms with van der Waals surface area (Å²) in [7, 11) is 1.43. The van der Waals surface area contributed by atoms with Gasteiger partial charge in [0.25, 0.3) is 0 Å². The van der Waals surface area contributed by atoms with Crippen molar-refractivity contribution in [2.75, 3.05) is 20.3 Å². The van der Waals surface area contributed by atoms with Crippen molar-refractivity contribution in [3.63, 3.8) is 0 Å². The molecule has 0 amide bonds. The lowest BCUT2D eigenvalue weighted by atomic mass is 10.3. The Morgan fingerprint density at radius 3 is 2.32 bits per heavy atom. The molecular weight excluding hydrogens is 293 g/mol. The van der Waals surface area contributed by atoms with Crippen LogP contribution in [0.2, 0.25) is 0 Å². The fourth-order valence-corrected chi connectivity index (χ4v) is 1.73. The van der Waals surface area contributed by atoms with Crippen LogP contribution in [0.1, 0.15) is 0 Å². The fraction of sp³-hybridized carbons (Fsp3) is 0.200. The van der Waals surface area contributed by atoms with E-state index in [1.165, 1.54) is 43.5 Å². The summed E-state index contributed by atoms with van der Waals surface area (Å²) in [5, 5.41) is 11.0. The van der Waals surface area contributed by atoms with Crippen LogP contribution in [0.4, 0.5) is 10.1 Å². The third kappa shape index (κ3) is 4.08. The second-order valence-corrected chi connectivity index (χ2v) is 4.24. The van der Waals surface area contributed by atoms with Gasteiger partial charge in [-0.15, -0.1) is 0 Å². The molecule has 0 saturated carbocycles. The molecule has 0 aliphatic rings. The van der Waals surface area contributed by atoms with Crippen molar-refractivity contribution < 1.29 is 23.5 Å². The number of rotatable bonds is 7. The fourth-order valence-electron chi connectivity index (χ4n) is 1.73. The predicted octanol–water partition coefficient (Wildman–Crippen LogP) is 3.20. The van der Waals surface area contributed by atoms with Gasteiger partial charge in [-0.25, -0.2) is 4.39 Å². The van der Waals surface area contributed by atoms with Crippen LogP contribution in [0.25, 0.3) is 0 Å². The molecule has 0 aromatic heterocycles. The minimum Gasteiger partial charge on any atom is -0.496 e. The van der Waals surface area contributed by atoms with E-state index in [2.05, 4.69) is 0 Å². The molecular formula is C15H14FNO5. The minimum absolute atomic E-state index is 0.116. The largest absolute Gasteiger partial charge is 0.496 e. The van der Waals surface area contributed by atoms with Gasteiger partial charge < -0.3 is 14.2 Å². The maximum absolute atomic E-state index is 12.7. The number of halogens is 1. The lowest BCUT2D eigenvalue weighted by Crippen LogP contribution is -2.10. The summed E-state index contributed by atoms with van der Waals surface area (Å²) in [5.74, 6) is 0.654. The molecule has 6 nitrogen and oxygen atoms in total. The number of benzene rings is 2. The molecule has 0 fully saturated rings. The summed E-state index contributed by atoms with van der Waals surface area (Å²) in [6, 6.07) is 9.87. The number of hydrogen-bond acceptors (Lipinski definition) is 5. The van der Waals surface area contributed by atoms with Gasteiger partial charge in [-0.05, 0) is 36.4 Å². The van der Waals surface area contributed by atoms with E-state index in [0.29, 0.717) is 11.5 Å². The summed E-state index contributed by atoms with van der Waals surface area (Å²) in [6.07, 6.45) is 0. The first-order chi connectivity index (χ1) is 10.6. The molecule has 0 spiro atoms. The van der Waals surface area contributed by atoms with Gasteiger partial charge in [-0.1, -0.05) is 0 Å². The van der Waals surface area contributed by atoms with Crippen LogP contribution in [-0.4, -0.2) is 25.2 Å². The van der Waals surface area contributed by atoms with Crippen LogP contribution in [-0.2, 0) is 0 Å². The van der Waals surface area contributed by atoms with Crippen molar-refractivity contribution in [1.82, 2.24) is 0 Å². The lowest BCUT2D eigenvalue weighted by Gasteiger charge is -2.09. The second-order valence-electron chi connectivity index (χ2n) is 4.24. The van der Waals surface area contributed by atoms with Crippen molar-refractivity contribution in [2.45, 2.75) is 0 Å². The Hall–Kier alpha value is -2.83. The molecule has 116 valence electrons. The Kier molecular flexibility index (Phi) is 5.13. The van der Waals surface area contributed by atoms with Gasteiger partial charge in [0.1, 0.15) is 30.5 Å². The molecule has 0 aliphatic heterocycles. The first kappa shape index (κ1) is 15.6. The van der Waals surface area contributed by atoms with E-state index in [4.69, 9.17) is 14.2 Å². The first-order valence-electron chi connectivity index (χ1n) is 6.44. The highest BCUT2D eigenvalue weighted by atomic mass is 19.1. The maximum atomic E-state index is 12.7. The van der Waals surface area contributed by atoms with Crippen LogP contribution < -0.4 is 14.2 Å². The van der Waals surface area contributed by atoms with E-state index in [1.807, 2.05) is 0 Å². The molecule has 0 N–H and O–H groups in total. The second kappa shape index (κ2) is 7.26. The van der Waals surface area contributed by atoms with Crippen molar-refractivity contribution >= 4 is 5.69 Å². The molecule has 2 aromatic carbocycles. The van der Waals surface area contributed by atoms with Crippen LogP contribution >= 0.6 is 0 Å². The van der Waals surface area contributed by atoms with Crippen LogP contribution in [0, 0.1) is 15.9 Å². The molecule has 7 heteroatoms. The monoisotopic (exact) mass is 307 g/mol. The zero-order valence-corrected chi connectivity index (χ0v) is 11.8. The Morgan fingerprint density at radius 2 is 1.68 bits per heavy atom. The highest BCUT2D eigenvalue weighted by molar-refractivity contribution is 5.50. The quantitative estimate of drug-likeness (QED) is 0.446. The smallest absolute Gasteiger partial charge is 0.314 e. The summed E-state index contributed by atoms with van der Waals surface area (Å²) < 4.78 is 28.4. The Balaban J connectivity index is 1.91. The van der Waals surface area contributed by atoms with Gasteiger partial charge in [0, 0.05) is 0 Å². The average Bonchev–Trinajstić information content (AvgIpc) is 2.53. The van der Waals surface area contributed by atoms with Crippen LogP contribution in [0.15, 0.2) is 42.5 Å². The van der Waals surface area contributed by atoms with E-state index in [1.54, 1.807) is 6.07 Å². The van der Waals surface area contributed by atoms with Gasteiger partial charge in [-0.2, -0.15) is 0 Å². The van der Waals surface area contributed by atoms with Crippen molar-refractivity contribution in [3.05, 3.63) is 58.4 Å². The van der Waals surface area contributed by atoms with E-state index >= 15 is 0 Å². The molecule has 0 unspecified atom stereocenters. The van der Waals surface area contributed by atoms with Gasteiger partial charge in [0.05, 0.1) is 18.1 Å². The molecule has 0 radical (unpaired) electrons. The van der Waals surface area contributed by atoms with E-state index in [-0.39, 0.29) is 30.5 Å². The number of nitro benzene ring substituents is 1. The van der Waals surface area contributed by atoms with E-state index in [9.17, 15) is 14.5 Å². The average molecular weight is 307 g/mol. The van der Waals surface area contributed by atoms with Crippen LogP contribution in [0.3, 0.4) is 0 Å². The summed E-state index contributed by atoms with van der Waals surface area (Å²) in [6.45, 7) is 0.291. The zero-order valence-electron chi connectivity index (χ0n) is 11.8. The topological polar surface area (TPSA) is 70.8 Å². The Labute approximate surface area is 126 Å². The standard InChI is InChI=1S/C15H14FNO5/c1-20-13-6-7-15(14(10-13)17(18)19)22-9-8-21-12-4-2-11(16)3-5-12/h2-7,10H,8-9H2,1H3. The van der Waals surface area contributed by atoms with Crippen molar-refractivity contribution in [3.8, 4) is 17.2 Å². The first-order valence-corrected chi connectivity index (χ1v) is 6.44. The van der Waals surface area contributed by atoms with Crippen molar-refractivity contribution in [2.24, 2.45) is 0 Å². The third-order valence-corrected chi connectivity index (χ3v) is 2.79. The summed E-state index contributed by atoms with van der Waals surface area (Å²) >= 11 is 0. The molecule has 0 bridgehead atoms.